The normalized spacial score (nSPS) is 12.9. The Balaban J connectivity index is 2.50. The Kier molecular flexibility index (Phi) is 3.64. The maximum Gasteiger partial charge on any atom is 0.252 e. The minimum atomic E-state index is -0.139. The molecule has 1 aromatic rings. The zero-order chi connectivity index (χ0) is 10.6. The Morgan fingerprint density at radius 2 is 2.36 bits per heavy atom. The van der Waals surface area contributed by atoms with Gasteiger partial charge in [0.1, 0.15) is 5.82 Å². The average molecular weight is 196 g/mol. The minimum absolute atomic E-state index is 0.139. The molecular formula is C9H16N4O. The lowest BCUT2D eigenvalue weighted by molar-refractivity contribution is 0.326. The summed E-state index contributed by atoms with van der Waals surface area (Å²) in [7, 11) is 4.02. The maximum absolute atomic E-state index is 10.9. The highest BCUT2D eigenvalue weighted by Crippen LogP contribution is 1.97. The van der Waals surface area contributed by atoms with Crippen LogP contribution in [0.3, 0.4) is 0 Å². The number of nitrogens with zero attached hydrogens (tertiary/aromatic N) is 2. The fourth-order valence-corrected chi connectivity index (χ4v) is 0.900. The van der Waals surface area contributed by atoms with Gasteiger partial charge in [-0.2, -0.15) is 0 Å². The van der Waals surface area contributed by atoms with Crippen LogP contribution in [-0.4, -0.2) is 41.5 Å². The SMILES string of the molecule is CC(CNc1cc(=O)[nH]cn1)N(C)C. The number of aromatic amines is 1. The minimum Gasteiger partial charge on any atom is -0.368 e. The van der Waals surface area contributed by atoms with E-state index in [0.29, 0.717) is 11.9 Å². The van der Waals surface area contributed by atoms with Gasteiger partial charge >= 0.3 is 0 Å². The Labute approximate surface area is 83.2 Å². The van der Waals surface area contributed by atoms with Crippen LogP contribution < -0.4 is 10.9 Å². The molecule has 0 fully saturated rings. The van der Waals surface area contributed by atoms with Crippen molar-refractivity contribution >= 4 is 5.82 Å². The van der Waals surface area contributed by atoms with Gasteiger partial charge in [0.25, 0.3) is 5.56 Å². The first-order valence-corrected chi connectivity index (χ1v) is 4.54. The summed E-state index contributed by atoms with van der Waals surface area (Å²) in [5.74, 6) is 0.613. The predicted molar refractivity (Wildman–Crippen MR) is 56.5 cm³/mol. The van der Waals surface area contributed by atoms with E-state index >= 15 is 0 Å². The van der Waals surface area contributed by atoms with Gasteiger partial charge in [-0.1, -0.05) is 0 Å². The molecule has 0 amide bonds. The van der Waals surface area contributed by atoms with Crippen LogP contribution in [0, 0.1) is 0 Å². The Morgan fingerprint density at radius 3 is 2.93 bits per heavy atom. The van der Waals surface area contributed by atoms with Crippen molar-refractivity contribution in [1.82, 2.24) is 14.9 Å². The zero-order valence-corrected chi connectivity index (χ0v) is 8.74. The predicted octanol–water partition coefficient (Wildman–Crippen LogP) is 0.132. The van der Waals surface area contributed by atoms with Crippen LogP contribution >= 0.6 is 0 Å². The first-order chi connectivity index (χ1) is 6.59. The summed E-state index contributed by atoms with van der Waals surface area (Å²) in [4.78, 5) is 19.5. The molecule has 0 aliphatic rings. The summed E-state index contributed by atoms with van der Waals surface area (Å²) in [5.41, 5.74) is -0.139. The van der Waals surface area contributed by atoms with Gasteiger partial charge in [-0.05, 0) is 21.0 Å². The first kappa shape index (κ1) is 10.7. The largest absolute Gasteiger partial charge is 0.368 e. The molecular weight excluding hydrogens is 180 g/mol. The van der Waals surface area contributed by atoms with E-state index in [1.54, 1.807) is 0 Å². The maximum atomic E-state index is 10.9. The molecule has 0 aliphatic carbocycles. The molecule has 0 aliphatic heterocycles. The van der Waals surface area contributed by atoms with Crippen LogP contribution in [0.15, 0.2) is 17.2 Å². The number of aromatic nitrogens is 2. The van der Waals surface area contributed by atoms with Crippen molar-refractivity contribution < 1.29 is 0 Å². The Morgan fingerprint density at radius 1 is 1.64 bits per heavy atom. The van der Waals surface area contributed by atoms with Crippen molar-refractivity contribution in [3.05, 3.63) is 22.7 Å². The van der Waals surface area contributed by atoms with E-state index < -0.39 is 0 Å². The average Bonchev–Trinajstić information content (AvgIpc) is 2.14. The van der Waals surface area contributed by atoms with Gasteiger partial charge in [0, 0.05) is 18.7 Å². The van der Waals surface area contributed by atoms with E-state index in [-0.39, 0.29) is 5.56 Å². The number of H-pyrrole nitrogens is 1. The number of anilines is 1. The molecule has 0 saturated carbocycles. The molecule has 1 aromatic heterocycles. The van der Waals surface area contributed by atoms with Crippen LogP contribution in [0.1, 0.15) is 6.92 Å². The molecule has 14 heavy (non-hydrogen) atoms. The molecule has 0 spiro atoms. The first-order valence-electron chi connectivity index (χ1n) is 4.54. The summed E-state index contributed by atoms with van der Waals surface area (Å²) < 4.78 is 0. The van der Waals surface area contributed by atoms with Crippen molar-refractivity contribution in [3.63, 3.8) is 0 Å². The molecule has 2 N–H and O–H groups in total. The number of hydrogen-bond acceptors (Lipinski definition) is 4. The van der Waals surface area contributed by atoms with Crippen molar-refractivity contribution in [2.75, 3.05) is 26.0 Å². The van der Waals surface area contributed by atoms with Crippen molar-refractivity contribution in [2.45, 2.75) is 13.0 Å². The molecule has 0 radical (unpaired) electrons. The fourth-order valence-electron chi connectivity index (χ4n) is 0.900. The van der Waals surface area contributed by atoms with Gasteiger partial charge in [0.15, 0.2) is 0 Å². The molecule has 0 aromatic carbocycles. The molecule has 1 heterocycles. The third-order valence-electron chi connectivity index (χ3n) is 2.14. The molecule has 1 atom stereocenters. The third kappa shape index (κ3) is 3.18. The monoisotopic (exact) mass is 196 g/mol. The van der Waals surface area contributed by atoms with Gasteiger partial charge in [0.05, 0.1) is 6.33 Å². The number of hydrogen-bond donors (Lipinski definition) is 2. The lowest BCUT2D eigenvalue weighted by Crippen LogP contribution is -2.31. The highest BCUT2D eigenvalue weighted by atomic mass is 16.1. The van der Waals surface area contributed by atoms with Crippen LogP contribution in [0.2, 0.25) is 0 Å². The topological polar surface area (TPSA) is 61.0 Å². The van der Waals surface area contributed by atoms with Crippen molar-refractivity contribution in [1.29, 1.82) is 0 Å². The number of nitrogens with one attached hydrogen (secondary N) is 2. The molecule has 5 heteroatoms. The van der Waals surface area contributed by atoms with Crippen LogP contribution in [-0.2, 0) is 0 Å². The van der Waals surface area contributed by atoms with E-state index in [9.17, 15) is 4.79 Å². The third-order valence-corrected chi connectivity index (χ3v) is 2.14. The second-order valence-corrected chi connectivity index (χ2v) is 3.49. The van der Waals surface area contributed by atoms with Gasteiger partial charge in [-0.25, -0.2) is 4.98 Å². The standard InChI is InChI=1S/C9H16N4O/c1-7(13(2)3)5-10-8-4-9(14)12-6-11-8/h4,6-7H,5H2,1-3H3,(H2,10,11,12,14). The van der Waals surface area contributed by atoms with E-state index in [2.05, 4.69) is 27.1 Å². The number of rotatable bonds is 4. The van der Waals surface area contributed by atoms with E-state index in [1.165, 1.54) is 12.4 Å². The van der Waals surface area contributed by atoms with Crippen LogP contribution in [0.5, 0.6) is 0 Å². The second kappa shape index (κ2) is 4.76. The van der Waals surface area contributed by atoms with E-state index in [4.69, 9.17) is 0 Å². The zero-order valence-electron chi connectivity index (χ0n) is 8.74. The van der Waals surface area contributed by atoms with Gasteiger partial charge in [-0.15, -0.1) is 0 Å². The molecule has 0 saturated heterocycles. The quantitative estimate of drug-likeness (QED) is 0.718. The molecule has 78 valence electrons. The van der Waals surface area contributed by atoms with Gasteiger partial charge in [0.2, 0.25) is 0 Å². The lowest BCUT2D eigenvalue weighted by Gasteiger charge is -2.19. The van der Waals surface area contributed by atoms with E-state index in [1.807, 2.05) is 14.1 Å². The summed E-state index contributed by atoms with van der Waals surface area (Å²) in [6, 6.07) is 1.85. The van der Waals surface area contributed by atoms with Crippen molar-refractivity contribution in [2.24, 2.45) is 0 Å². The Bertz CT molecular complexity index is 334. The van der Waals surface area contributed by atoms with Crippen molar-refractivity contribution in [3.8, 4) is 0 Å². The molecule has 0 bridgehead atoms. The summed E-state index contributed by atoms with van der Waals surface area (Å²) >= 11 is 0. The summed E-state index contributed by atoms with van der Waals surface area (Å²) in [5, 5.41) is 3.09. The van der Waals surface area contributed by atoms with Crippen LogP contribution in [0.25, 0.3) is 0 Å². The summed E-state index contributed by atoms with van der Waals surface area (Å²) in [6.07, 6.45) is 1.39. The Hall–Kier alpha value is -1.36. The molecule has 1 rings (SSSR count). The van der Waals surface area contributed by atoms with Gasteiger partial charge < -0.3 is 15.2 Å². The van der Waals surface area contributed by atoms with Crippen LogP contribution in [0.4, 0.5) is 5.82 Å². The second-order valence-electron chi connectivity index (χ2n) is 3.49. The molecule has 5 nitrogen and oxygen atoms in total. The smallest absolute Gasteiger partial charge is 0.252 e. The van der Waals surface area contributed by atoms with Gasteiger partial charge in [-0.3, -0.25) is 4.79 Å². The highest BCUT2D eigenvalue weighted by molar-refractivity contribution is 5.31. The fraction of sp³-hybridized carbons (Fsp3) is 0.556. The molecule has 1 unspecified atom stereocenters. The summed E-state index contributed by atoms with van der Waals surface area (Å²) in [6.45, 7) is 2.86. The number of likely N-dealkylation sites (N-methyl/N-ethyl adjacent to an activating group) is 1. The lowest BCUT2D eigenvalue weighted by atomic mass is 10.3. The van der Waals surface area contributed by atoms with E-state index in [0.717, 1.165) is 6.54 Å². The highest BCUT2D eigenvalue weighted by Gasteiger charge is 2.03.